The van der Waals surface area contributed by atoms with E-state index in [4.69, 9.17) is 5.11 Å². The summed E-state index contributed by atoms with van der Waals surface area (Å²) in [5.41, 5.74) is 2.21. The number of rotatable bonds is 11. The van der Waals surface area contributed by atoms with E-state index >= 15 is 0 Å². The molecule has 0 unspecified atom stereocenters. The van der Waals surface area contributed by atoms with Crippen LogP contribution in [0.4, 0.5) is 18.3 Å². The second-order valence-electron chi connectivity index (χ2n) is 11.2. The summed E-state index contributed by atoms with van der Waals surface area (Å²) in [6, 6.07) is 8.86. The molecule has 1 aliphatic heterocycles. The van der Waals surface area contributed by atoms with Gasteiger partial charge in [0.2, 0.25) is 15.9 Å². The van der Waals surface area contributed by atoms with Gasteiger partial charge in [-0.2, -0.15) is 4.31 Å². The molecule has 0 spiro atoms. The zero-order chi connectivity index (χ0) is 34.7. The second kappa shape index (κ2) is 14.3. The zero-order valence-corrected chi connectivity index (χ0v) is 27.5. The van der Waals surface area contributed by atoms with Gasteiger partial charge in [-0.1, -0.05) is 49.4 Å². The number of anilines is 1. The van der Waals surface area contributed by atoms with Crippen LogP contribution in [0.1, 0.15) is 53.2 Å². The van der Waals surface area contributed by atoms with E-state index in [0.29, 0.717) is 16.7 Å². The van der Waals surface area contributed by atoms with Crippen LogP contribution in [-0.2, 0) is 26.2 Å². The number of aromatic nitrogens is 1. The Morgan fingerprint density at radius 1 is 1.06 bits per heavy atom. The van der Waals surface area contributed by atoms with E-state index in [9.17, 15) is 36.0 Å². The van der Waals surface area contributed by atoms with Crippen molar-refractivity contribution in [2.75, 3.05) is 24.5 Å². The SMILES string of the molecule is Cc1nc(N2CCN(S(=O)(=O)c3ccc(OC(F)(F)F)cc3)[C@@H](C(=O)NCc3ccc(C(C)C)cc3)C2)sc1C(=O)N[C@@H](C)C(=O)O. The normalized spacial score (nSPS) is 16.5. The number of aryl methyl sites for hydroxylation is 1. The third-order valence-corrected chi connectivity index (χ3v) is 10.5. The van der Waals surface area contributed by atoms with Crippen LogP contribution in [0.15, 0.2) is 53.4 Å². The number of alkyl halides is 3. The first kappa shape index (κ1) is 35.6. The lowest BCUT2D eigenvalue weighted by molar-refractivity contribution is -0.274. The molecule has 12 nitrogen and oxygen atoms in total. The molecule has 17 heteroatoms. The number of hydrogen-bond acceptors (Lipinski definition) is 9. The van der Waals surface area contributed by atoms with Crippen molar-refractivity contribution in [1.82, 2.24) is 19.9 Å². The van der Waals surface area contributed by atoms with Gasteiger partial charge in [0, 0.05) is 26.2 Å². The summed E-state index contributed by atoms with van der Waals surface area (Å²) in [5, 5.41) is 14.6. The minimum absolute atomic E-state index is 0.0640. The number of piperazine rings is 1. The third-order valence-electron chi connectivity index (χ3n) is 7.39. The predicted molar refractivity (Wildman–Crippen MR) is 167 cm³/mol. The van der Waals surface area contributed by atoms with Crippen LogP contribution in [0.2, 0.25) is 0 Å². The maximum Gasteiger partial charge on any atom is 0.573 e. The van der Waals surface area contributed by atoms with Gasteiger partial charge in [0.05, 0.1) is 10.6 Å². The van der Waals surface area contributed by atoms with Gasteiger partial charge in [-0.25, -0.2) is 13.4 Å². The Labute approximate surface area is 273 Å². The number of nitrogens with zero attached hydrogens (tertiary/aromatic N) is 3. The average Bonchev–Trinajstić information content (AvgIpc) is 3.40. The Kier molecular flexibility index (Phi) is 10.8. The summed E-state index contributed by atoms with van der Waals surface area (Å²) >= 11 is 0.971. The van der Waals surface area contributed by atoms with Crippen LogP contribution in [0.25, 0.3) is 0 Å². The van der Waals surface area contributed by atoms with Crippen molar-refractivity contribution in [3.05, 3.63) is 70.2 Å². The van der Waals surface area contributed by atoms with Crippen LogP contribution in [0.5, 0.6) is 5.75 Å². The first-order valence-electron chi connectivity index (χ1n) is 14.5. The number of thiazole rings is 1. The van der Waals surface area contributed by atoms with Gasteiger partial charge in [0.25, 0.3) is 5.91 Å². The molecule has 0 aliphatic carbocycles. The van der Waals surface area contributed by atoms with E-state index in [2.05, 4.69) is 20.4 Å². The molecule has 0 saturated carbocycles. The molecule has 2 aromatic carbocycles. The molecule has 0 radical (unpaired) electrons. The highest BCUT2D eigenvalue weighted by atomic mass is 32.2. The number of amides is 2. The molecule has 2 amide bonds. The molecular weight excluding hydrogens is 663 g/mol. The maximum absolute atomic E-state index is 13.8. The zero-order valence-electron chi connectivity index (χ0n) is 25.9. The summed E-state index contributed by atoms with van der Waals surface area (Å²) < 4.78 is 70.3. The van der Waals surface area contributed by atoms with Gasteiger partial charge in [-0.3, -0.25) is 14.4 Å². The average molecular weight is 698 g/mol. The van der Waals surface area contributed by atoms with Gasteiger partial charge in [-0.05, 0) is 55.2 Å². The highest BCUT2D eigenvalue weighted by Gasteiger charge is 2.41. The molecule has 0 bridgehead atoms. The highest BCUT2D eigenvalue weighted by Crippen LogP contribution is 2.31. The molecule has 1 aromatic heterocycles. The first-order valence-corrected chi connectivity index (χ1v) is 16.7. The van der Waals surface area contributed by atoms with E-state index in [1.54, 1.807) is 11.8 Å². The van der Waals surface area contributed by atoms with Gasteiger partial charge < -0.3 is 25.4 Å². The number of sulfonamides is 1. The van der Waals surface area contributed by atoms with Crippen molar-refractivity contribution in [1.29, 1.82) is 0 Å². The lowest BCUT2D eigenvalue weighted by Gasteiger charge is -2.39. The van der Waals surface area contributed by atoms with E-state index in [1.165, 1.54) is 6.92 Å². The molecule has 1 aliphatic rings. The quantitative estimate of drug-likeness (QED) is 0.271. The molecule has 3 aromatic rings. The molecule has 47 heavy (non-hydrogen) atoms. The van der Waals surface area contributed by atoms with E-state index < -0.39 is 52.0 Å². The first-order chi connectivity index (χ1) is 22.0. The van der Waals surface area contributed by atoms with Crippen molar-refractivity contribution < 1.29 is 45.8 Å². The van der Waals surface area contributed by atoms with Gasteiger partial charge in [0.15, 0.2) is 5.13 Å². The maximum atomic E-state index is 13.8. The molecule has 1 fully saturated rings. The molecule has 2 heterocycles. The number of ether oxygens (including phenoxy) is 1. The topological polar surface area (TPSA) is 158 Å². The Bertz CT molecular complexity index is 1710. The van der Waals surface area contributed by atoms with E-state index in [0.717, 1.165) is 51.0 Å². The second-order valence-corrected chi connectivity index (χ2v) is 14.0. The molecule has 2 atom stereocenters. The summed E-state index contributed by atoms with van der Waals surface area (Å²) in [6.45, 7) is 6.80. The van der Waals surface area contributed by atoms with Gasteiger partial charge in [0.1, 0.15) is 22.7 Å². The fourth-order valence-electron chi connectivity index (χ4n) is 4.77. The number of aliphatic carboxylic acids is 1. The minimum atomic E-state index is -4.96. The number of carboxylic acids is 1. The summed E-state index contributed by atoms with van der Waals surface area (Å²) in [4.78, 5) is 43.5. The van der Waals surface area contributed by atoms with E-state index in [1.807, 2.05) is 38.1 Å². The highest BCUT2D eigenvalue weighted by molar-refractivity contribution is 7.89. The Morgan fingerprint density at radius 3 is 2.28 bits per heavy atom. The summed E-state index contributed by atoms with van der Waals surface area (Å²) in [5.74, 6) is -2.77. The number of hydrogen-bond donors (Lipinski definition) is 3. The van der Waals surface area contributed by atoms with Crippen molar-refractivity contribution >= 4 is 44.3 Å². The largest absolute Gasteiger partial charge is 0.573 e. The molecular formula is C30H34F3N5O7S2. The van der Waals surface area contributed by atoms with Gasteiger partial charge in [-0.15, -0.1) is 13.2 Å². The van der Waals surface area contributed by atoms with Crippen LogP contribution in [-0.4, -0.2) is 78.7 Å². The molecule has 254 valence electrons. The van der Waals surface area contributed by atoms with Crippen LogP contribution in [0.3, 0.4) is 0 Å². The summed E-state index contributed by atoms with van der Waals surface area (Å²) in [7, 11) is -4.39. The van der Waals surface area contributed by atoms with Gasteiger partial charge >= 0.3 is 12.3 Å². The lowest BCUT2D eigenvalue weighted by atomic mass is 10.0. The van der Waals surface area contributed by atoms with Crippen LogP contribution in [0, 0.1) is 6.92 Å². The lowest BCUT2D eigenvalue weighted by Crippen LogP contribution is -2.60. The summed E-state index contributed by atoms with van der Waals surface area (Å²) in [6.07, 6.45) is -4.96. The van der Waals surface area contributed by atoms with Crippen molar-refractivity contribution in [3.8, 4) is 5.75 Å². The van der Waals surface area contributed by atoms with E-state index in [-0.39, 0.29) is 36.0 Å². The van der Waals surface area contributed by atoms with Crippen molar-refractivity contribution in [3.63, 3.8) is 0 Å². The number of halogens is 3. The van der Waals surface area contributed by atoms with Crippen molar-refractivity contribution in [2.24, 2.45) is 0 Å². The molecule has 1 saturated heterocycles. The number of carbonyl (C=O) groups is 3. The smallest absolute Gasteiger partial charge is 0.480 e. The van der Waals surface area contributed by atoms with Crippen LogP contribution < -0.4 is 20.3 Å². The number of nitrogens with one attached hydrogen (secondary N) is 2. The molecule has 3 N–H and O–H groups in total. The Balaban J connectivity index is 1.60. The predicted octanol–water partition coefficient (Wildman–Crippen LogP) is 3.87. The Hall–Kier alpha value is -4.22. The van der Waals surface area contributed by atoms with Crippen molar-refractivity contribution in [2.45, 2.75) is 63.5 Å². The minimum Gasteiger partial charge on any atom is -0.480 e. The monoisotopic (exact) mass is 697 g/mol. The standard InChI is InChI=1S/C30H34F3N5O7S2/c1-17(2)21-7-5-20(6-8-21)15-34-26(39)24-16-37(29-36-18(3)25(46-29)27(40)35-19(4)28(41)42)13-14-38(24)47(43,44)23-11-9-22(10-12-23)45-30(31,32)33/h5-12,17,19,24H,13-16H2,1-4H3,(H,34,39)(H,35,40)(H,41,42)/t19-,24+/m0/s1. The number of carboxylic acid groups (broad SMARTS) is 1. The molecule has 4 rings (SSSR count). The number of carbonyl (C=O) groups excluding carboxylic acids is 2. The van der Waals surface area contributed by atoms with Crippen LogP contribution >= 0.6 is 11.3 Å². The fraction of sp³-hybridized carbons (Fsp3) is 0.400. The Morgan fingerprint density at radius 2 is 1.70 bits per heavy atom. The fourth-order valence-corrected chi connectivity index (χ4v) is 7.34. The third kappa shape index (κ3) is 8.78. The number of benzene rings is 2.